The van der Waals surface area contributed by atoms with Crippen LogP contribution in [0.5, 0.6) is 6.01 Å². The number of anilines is 1. The highest BCUT2D eigenvalue weighted by Crippen LogP contribution is 2.36. The lowest BCUT2D eigenvalue weighted by molar-refractivity contribution is -0.0807. The zero-order valence-electron chi connectivity index (χ0n) is 22.3. The van der Waals surface area contributed by atoms with E-state index in [1.807, 2.05) is 24.8 Å². The summed E-state index contributed by atoms with van der Waals surface area (Å²) in [5.74, 6) is 0.914. The van der Waals surface area contributed by atoms with Crippen molar-refractivity contribution in [3.8, 4) is 11.8 Å². The van der Waals surface area contributed by atoms with Crippen LogP contribution in [-0.2, 0) is 4.74 Å². The van der Waals surface area contributed by atoms with E-state index in [9.17, 15) is 5.11 Å². The summed E-state index contributed by atoms with van der Waals surface area (Å²) >= 11 is 5.34. The number of alkyl halides is 1. The number of fused-ring (bicyclic) bond motifs is 1. The molecule has 0 aliphatic carbocycles. The molecule has 2 aromatic heterocycles. The molecule has 0 amide bonds. The predicted octanol–water partition coefficient (Wildman–Crippen LogP) is 3.24. The summed E-state index contributed by atoms with van der Waals surface area (Å²) in [6.07, 6.45) is 1.02. The second-order valence-electron chi connectivity index (χ2n) is 10.4. The minimum absolute atomic E-state index is 0.178. The first-order valence-corrected chi connectivity index (χ1v) is 13.4. The lowest BCUT2D eigenvalue weighted by atomic mass is 9.84. The van der Waals surface area contributed by atoms with Crippen molar-refractivity contribution in [3.05, 3.63) is 35.5 Å². The number of aromatic nitrogens is 4. The maximum absolute atomic E-state index is 15.5. The van der Waals surface area contributed by atoms with Gasteiger partial charge in [-0.25, -0.2) is 9.07 Å². The zero-order chi connectivity index (χ0) is 27.0. The Morgan fingerprint density at radius 2 is 2.11 bits per heavy atom. The first-order valence-electron chi connectivity index (χ1n) is 13.0. The van der Waals surface area contributed by atoms with Gasteiger partial charge in [0.05, 0.1) is 50.7 Å². The molecule has 38 heavy (non-hydrogen) atoms. The van der Waals surface area contributed by atoms with Gasteiger partial charge in [-0.15, -0.1) is 0 Å². The van der Waals surface area contributed by atoms with Crippen LogP contribution < -0.4 is 9.64 Å². The highest BCUT2D eigenvalue weighted by molar-refractivity contribution is 7.80. The van der Waals surface area contributed by atoms with Gasteiger partial charge in [0.1, 0.15) is 12.0 Å². The number of rotatable bonds is 9. The van der Waals surface area contributed by atoms with E-state index in [1.54, 1.807) is 17.8 Å². The smallest absolute Gasteiger partial charge is 0.320 e. The van der Waals surface area contributed by atoms with Crippen molar-refractivity contribution in [2.24, 2.45) is 0 Å². The molecule has 3 atom stereocenters. The van der Waals surface area contributed by atoms with Gasteiger partial charge in [0.15, 0.2) is 5.82 Å². The van der Waals surface area contributed by atoms with E-state index in [0.29, 0.717) is 50.5 Å². The quantitative estimate of drug-likeness (QED) is 0.410. The molecule has 3 aromatic rings. The Balaban J connectivity index is 1.51. The Morgan fingerprint density at radius 3 is 2.74 bits per heavy atom. The van der Waals surface area contributed by atoms with Crippen molar-refractivity contribution in [1.82, 2.24) is 24.6 Å². The molecule has 11 heteroatoms. The van der Waals surface area contributed by atoms with E-state index in [0.717, 1.165) is 39.9 Å². The first kappa shape index (κ1) is 26.9. The van der Waals surface area contributed by atoms with Crippen LogP contribution in [0.3, 0.4) is 0 Å². The standard InChI is InChI=1S/C27H35FN6O3S/c1-16-7-19-10-29-34(24(19)8-22(16)21-5-6-32(13-23(21)28)20-14-37-15-20)26-9-25(30-27(31-26)36-4)33(11-17(2)35)12-18(3)38/h7-10,17,20-21,23,35H,5-6,11-15H2,1-4H3/t17-,21?,23?/m0/s1. The molecule has 2 aliphatic heterocycles. The fourth-order valence-electron chi connectivity index (χ4n) is 5.42. The van der Waals surface area contributed by atoms with Crippen LogP contribution in [-0.4, -0.2) is 99.4 Å². The number of methoxy groups -OCH3 is 1. The number of aryl methyl sites for hydroxylation is 1. The molecular weight excluding hydrogens is 507 g/mol. The van der Waals surface area contributed by atoms with Gasteiger partial charge in [0.25, 0.3) is 0 Å². The lowest BCUT2D eigenvalue weighted by Gasteiger charge is -2.43. The summed E-state index contributed by atoms with van der Waals surface area (Å²) in [6.45, 7) is 9.11. The SMILES string of the molecule is COc1nc(N(CC(C)=S)C[C@H](C)O)cc(-n2ncc3cc(C)c(C4CCN(C5COC5)CC4F)cc32)n1. The van der Waals surface area contributed by atoms with E-state index in [4.69, 9.17) is 21.7 Å². The molecular formula is C27H35FN6O3S. The van der Waals surface area contributed by atoms with Crippen LogP contribution in [0.15, 0.2) is 24.4 Å². The predicted molar refractivity (Wildman–Crippen MR) is 149 cm³/mol. The minimum Gasteiger partial charge on any atom is -0.467 e. The normalized spacial score (nSPS) is 21.3. The molecule has 2 unspecified atom stereocenters. The van der Waals surface area contributed by atoms with E-state index in [2.05, 4.69) is 32.1 Å². The molecule has 1 N–H and O–H groups in total. The number of piperidine rings is 1. The molecule has 1 aromatic carbocycles. The molecule has 2 saturated heterocycles. The third kappa shape index (κ3) is 5.51. The van der Waals surface area contributed by atoms with E-state index in [-0.39, 0.29) is 11.9 Å². The Hall–Kier alpha value is -2.73. The Labute approximate surface area is 227 Å². The summed E-state index contributed by atoms with van der Waals surface area (Å²) in [4.78, 5) is 14.0. The molecule has 2 aliphatic rings. The molecule has 0 bridgehead atoms. The van der Waals surface area contributed by atoms with Crippen LogP contribution in [0, 0.1) is 6.92 Å². The largest absolute Gasteiger partial charge is 0.467 e. The topological polar surface area (TPSA) is 88.8 Å². The van der Waals surface area contributed by atoms with E-state index >= 15 is 4.39 Å². The monoisotopic (exact) mass is 542 g/mol. The van der Waals surface area contributed by atoms with Gasteiger partial charge in [0.2, 0.25) is 0 Å². The number of aliphatic hydroxyl groups excluding tert-OH is 1. The van der Waals surface area contributed by atoms with Crippen LogP contribution >= 0.6 is 12.2 Å². The fraction of sp³-hybridized carbons (Fsp3) is 0.556. The second kappa shape index (κ2) is 11.2. The number of nitrogens with zero attached hydrogens (tertiary/aromatic N) is 6. The van der Waals surface area contributed by atoms with Gasteiger partial charge in [-0.3, -0.25) is 4.90 Å². The van der Waals surface area contributed by atoms with Crippen molar-refractivity contribution < 1.29 is 19.0 Å². The van der Waals surface area contributed by atoms with Crippen molar-refractivity contribution >= 4 is 33.8 Å². The van der Waals surface area contributed by atoms with Gasteiger partial charge in [-0.2, -0.15) is 15.1 Å². The first-order chi connectivity index (χ1) is 18.2. The zero-order valence-corrected chi connectivity index (χ0v) is 23.1. The van der Waals surface area contributed by atoms with Crippen molar-refractivity contribution in [2.45, 2.75) is 51.4 Å². The van der Waals surface area contributed by atoms with Crippen molar-refractivity contribution in [3.63, 3.8) is 0 Å². The molecule has 4 heterocycles. The van der Waals surface area contributed by atoms with Gasteiger partial charge in [0, 0.05) is 35.3 Å². The highest BCUT2D eigenvalue weighted by atomic mass is 32.1. The van der Waals surface area contributed by atoms with Gasteiger partial charge in [-0.05, 0) is 57.0 Å². The molecule has 2 fully saturated rings. The molecule has 5 rings (SSSR count). The van der Waals surface area contributed by atoms with Crippen molar-refractivity contribution in [1.29, 1.82) is 0 Å². The average molecular weight is 543 g/mol. The summed E-state index contributed by atoms with van der Waals surface area (Å²) < 4.78 is 28.0. The Morgan fingerprint density at radius 1 is 1.32 bits per heavy atom. The second-order valence-corrected chi connectivity index (χ2v) is 11.1. The number of likely N-dealkylation sites (tertiary alicyclic amines) is 1. The van der Waals surface area contributed by atoms with Crippen LogP contribution in [0.2, 0.25) is 0 Å². The van der Waals surface area contributed by atoms with E-state index < -0.39 is 12.3 Å². The molecule has 0 radical (unpaired) electrons. The third-order valence-electron chi connectivity index (χ3n) is 7.37. The Bertz CT molecular complexity index is 1310. The lowest BCUT2D eigenvalue weighted by Crippen LogP contribution is -2.54. The summed E-state index contributed by atoms with van der Waals surface area (Å²) in [7, 11) is 1.51. The number of hydrogen-bond acceptors (Lipinski definition) is 9. The summed E-state index contributed by atoms with van der Waals surface area (Å²) in [5.41, 5.74) is 2.91. The molecule has 9 nitrogen and oxygen atoms in total. The maximum atomic E-state index is 15.5. The number of aliphatic hydroxyl groups is 1. The maximum Gasteiger partial charge on any atom is 0.320 e. The fourth-order valence-corrected chi connectivity index (χ4v) is 5.58. The third-order valence-corrected chi connectivity index (χ3v) is 7.49. The summed E-state index contributed by atoms with van der Waals surface area (Å²) in [6, 6.07) is 6.47. The number of ether oxygens (including phenoxy) is 2. The highest BCUT2D eigenvalue weighted by Gasteiger charge is 2.36. The van der Waals surface area contributed by atoms with Crippen LogP contribution in [0.1, 0.15) is 37.3 Å². The van der Waals surface area contributed by atoms with Gasteiger partial charge < -0.3 is 19.5 Å². The van der Waals surface area contributed by atoms with Gasteiger partial charge >= 0.3 is 6.01 Å². The van der Waals surface area contributed by atoms with Crippen LogP contribution in [0.25, 0.3) is 16.7 Å². The molecule has 0 saturated carbocycles. The minimum atomic E-state index is -0.950. The van der Waals surface area contributed by atoms with Crippen molar-refractivity contribution in [2.75, 3.05) is 51.4 Å². The van der Waals surface area contributed by atoms with E-state index in [1.165, 1.54) is 7.11 Å². The average Bonchev–Trinajstić information content (AvgIpc) is 3.24. The Kier molecular flexibility index (Phi) is 7.90. The summed E-state index contributed by atoms with van der Waals surface area (Å²) in [5, 5.41) is 15.6. The van der Waals surface area contributed by atoms with Crippen LogP contribution in [0.4, 0.5) is 10.2 Å². The number of hydrogen-bond donors (Lipinski definition) is 1. The number of thiocarbonyl (C=S) groups is 1. The number of benzene rings is 1. The van der Waals surface area contributed by atoms with Gasteiger partial charge in [-0.1, -0.05) is 12.2 Å². The number of halogens is 1. The molecule has 204 valence electrons. The molecule has 0 spiro atoms.